The molecule has 0 radical (unpaired) electrons. The molecule has 0 amide bonds. The Morgan fingerprint density at radius 2 is 1.79 bits per heavy atom. The second-order valence-electron chi connectivity index (χ2n) is 6.89. The summed E-state index contributed by atoms with van der Waals surface area (Å²) in [6, 6.07) is 8.19. The highest BCUT2D eigenvalue weighted by Crippen LogP contribution is 2.25. The number of aromatic nitrogens is 2. The fourth-order valence-electron chi connectivity index (χ4n) is 2.15. The van der Waals surface area contributed by atoms with Gasteiger partial charge in [-0.2, -0.15) is 0 Å². The van der Waals surface area contributed by atoms with Gasteiger partial charge in [0, 0.05) is 41.8 Å². The van der Waals surface area contributed by atoms with Gasteiger partial charge in [0.2, 0.25) is 0 Å². The van der Waals surface area contributed by atoms with E-state index in [1.807, 2.05) is 30.5 Å². The molecule has 0 unspecified atom stereocenters. The minimum atomic E-state index is 0.562. The standard InChI is InChI=1S/C19H20Cl2N2OS.C4H10/c1-3-16(20)12-17(21)8-11-25-19-5-4-18(14-24-2)23(19)13-15-6-9-22-10-7-15;1-4(2)3/h3-12H,13-14H2,1-2H3;4H,1-3H3/b11-8+,16-3+,17-12+;. The number of nitrogens with zero attached hydrogens (tertiary/aromatic N) is 2. The van der Waals surface area contributed by atoms with Gasteiger partial charge in [-0.15, -0.1) is 0 Å². The minimum absolute atomic E-state index is 0.562. The van der Waals surface area contributed by atoms with Gasteiger partial charge in [0.1, 0.15) is 0 Å². The van der Waals surface area contributed by atoms with Crippen LogP contribution in [0.4, 0.5) is 0 Å². The SMILES string of the molecule is CC(C)C.C\C=C(Cl)/C=C(Cl)\C=C\Sc1ccc(COC)n1Cc1ccncc1. The largest absolute Gasteiger partial charge is 0.378 e. The summed E-state index contributed by atoms with van der Waals surface area (Å²) in [6.45, 7) is 9.69. The van der Waals surface area contributed by atoms with Crippen molar-refractivity contribution in [2.75, 3.05) is 7.11 Å². The summed E-state index contributed by atoms with van der Waals surface area (Å²) in [5.41, 5.74) is 2.31. The maximum absolute atomic E-state index is 6.15. The summed E-state index contributed by atoms with van der Waals surface area (Å²) >= 11 is 13.7. The number of hydrogen-bond acceptors (Lipinski definition) is 3. The first-order chi connectivity index (χ1) is 13.9. The van der Waals surface area contributed by atoms with Crippen LogP contribution in [0.1, 0.15) is 39.0 Å². The zero-order chi connectivity index (χ0) is 21.6. The molecule has 0 aromatic carbocycles. The lowest BCUT2D eigenvalue weighted by Crippen LogP contribution is -2.06. The zero-order valence-corrected chi connectivity index (χ0v) is 20.1. The Hall–Kier alpha value is -1.46. The van der Waals surface area contributed by atoms with E-state index in [9.17, 15) is 0 Å². The van der Waals surface area contributed by atoms with Gasteiger partial charge >= 0.3 is 0 Å². The van der Waals surface area contributed by atoms with Crippen molar-refractivity contribution >= 4 is 35.0 Å². The molecule has 0 spiro atoms. The first kappa shape index (κ1) is 25.6. The fourth-order valence-corrected chi connectivity index (χ4v) is 3.39. The Morgan fingerprint density at radius 1 is 1.14 bits per heavy atom. The van der Waals surface area contributed by atoms with Crippen LogP contribution in [-0.4, -0.2) is 16.7 Å². The molecule has 0 bridgehead atoms. The summed E-state index contributed by atoms with van der Waals surface area (Å²) in [5, 5.41) is 4.26. The van der Waals surface area contributed by atoms with Gasteiger partial charge in [-0.1, -0.05) is 61.8 Å². The topological polar surface area (TPSA) is 27.1 Å². The molecule has 0 fully saturated rings. The van der Waals surface area contributed by atoms with Crippen LogP contribution in [0.2, 0.25) is 0 Å². The van der Waals surface area contributed by atoms with Crippen LogP contribution in [-0.2, 0) is 17.9 Å². The Morgan fingerprint density at radius 3 is 2.38 bits per heavy atom. The first-order valence-corrected chi connectivity index (χ1v) is 11.1. The number of ether oxygens (including phenoxy) is 1. The Balaban J connectivity index is 0.000000960. The molecule has 0 aliphatic heterocycles. The molecule has 2 aromatic rings. The molecule has 6 heteroatoms. The summed E-state index contributed by atoms with van der Waals surface area (Å²) < 4.78 is 7.53. The van der Waals surface area contributed by atoms with Gasteiger partial charge < -0.3 is 9.30 Å². The molecular formula is C23H30Cl2N2OS. The molecule has 0 aliphatic carbocycles. The number of halogens is 2. The first-order valence-electron chi connectivity index (χ1n) is 9.45. The van der Waals surface area contributed by atoms with Gasteiger partial charge in [0.15, 0.2) is 0 Å². The van der Waals surface area contributed by atoms with E-state index >= 15 is 0 Å². The number of methoxy groups -OCH3 is 1. The van der Waals surface area contributed by atoms with Crippen molar-refractivity contribution < 1.29 is 4.74 Å². The van der Waals surface area contributed by atoms with Gasteiger partial charge in [-0.05, 0) is 60.2 Å². The Bertz CT molecular complexity index is 809. The van der Waals surface area contributed by atoms with E-state index in [1.165, 1.54) is 5.56 Å². The molecule has 2 aromatic heterocycles. The molecule has 2 rings (SSSR count). The van der Waals surface area contributed by atoms with E-state index in [2.05, 4.69) is 42.5 Å². The Kier molecular flexibility index (Phi) is 12.8. The molecule has 0 saturated heterocycles. The van der Waals surface area contributed by atoms with Crippen LogP contribution in [0, 0.1) is 5.92 Å². The van der Waals surface area contributed by atoms with Crippen molar-refractivity contribution in [2.24, 2.45) is 5.92 Å². The predicted molar refractivity (Wildman–Crippen MR) is 128 cm³/mol. The zero-order valence-electron chi connectivity index (χ0n) is 17.7. The second kappa shape index (κ2) is 14.5. The molecule has 29 heavy (non-hydrogen) atoms. The maximum atomic E-state index is 6.15. The molecular weight excluding hydrogens is 423 g/mol. The van der Waals surface area contributed by atoms with E-state index in [0.29, 0.717) is 16.7 Å². The van der Waals surface area contributed by atoms with E-state index in [4.69, 9.17) is 27.9 Å². The molecule has 158 valence electrons. The summed E-state index contributed by atoms with van der Waals surface area (Å²) in [5.74, 6) is 0.833. The minimum Gasteiger partial charge on any atom is -0.378 e. The maximum Gasteiger partial charge on any atom is 0.0864 e. The predicted octanol–water partition coefficient (Wildman–Crippen LogP) is 7.61. The lowest BCUT2D eigenvalue weighted by atomic mass is 10.2. The normalized spacial score (nSPS) is 12.4. The number of thioether (sulfide) groups is 1. The van der Waals surface area contributed by atoms with E-state index in [1.54, 1.807) is 43.4 Å². The summed E-state index contributed by atoms with van der Waals surface area (Å²) in [4.78, 5) is 4.07. The van der Waals surface area contributed by atoms with Crippen LogP contribution < -0.4 is 0 Å². The monoisotopic (exact) mass is 452 g/mol. The van der Waals surface area contributed by atoms with Crippen molar-refractivity contribution in [1.29, 1.82) is 0 Å². The van der Waals surface area contributed by atoms with Crippen molar-refractivity contribution in [3.63, 3.8) is 0 Å². The van der Waals surface area contributed by atoms with Crippen LogP contribution in [0.3, 0.4) is 0 Å². The third-order valence-electron chi connectivity index (χ3n) is 3.38. The van der Waals surface area contributed by atoms with Gasteiger partial charge in [-0.3, -0.25) is 4.98 Å². The molecule has 0 N–H and O–H groups in total. The van der Waals surface area contributed by atoms with Crippen molar-refractivity contribution in [1.82, 2.24) is 9.55 Å². The molecule has 0 atom stereocenters. The summed E-state index contributed by atoms with van der Waals surface area (Å²) in [6.07, 6.45) is 8.94. The number of allylic oxidation sites excluding steroid dienone is 5. The lowest BCUT2D eigenvalue weighted by molar-refractivity contribution is 0.177. The summed E-state index contributed by atoms with van der Waals surface area (Å²) in [7, 11) is 1.70. The van der Waals surface area contributed by atoms with E-state index in [-0.39, 0.29) is 0 Å². The average molecular weight is 453 g/mol. The van der Waals surface area contributed by atoms with Crippen molar-refractivity contribution in [2.45, 2.75) is 45.9 Å². The number of hydrogen-bond donors (Lipinski definition) is 0. The molecule has 3 nitrogen and oxygen atoms in total. The Labute approximate surface area is 189 Å². The van der Waals surface area contributed by atoms with Crippen LogP contribution in [0.25, 0.3) is 0 Å². The van der Waals surface area contributed by atoms with Crippen LogP contribution in [0.15, 0.2) is 75.4 Å². The third-order valence-corrected chi connectivity index (χ3v) is 4.81. The molecule has 0 aliphatic rings. The van der Waals surface area contributed by atoms with E-state index < -0.39 is 0 Å². The molecule has 0 saturated carbocycles. The smallest absolute Gasteiger partial charge is 0.0864 e. The third kappa shape index (κ3) is 10.8. The van der Waals surface area contributed by atoms with Crippen LogP contribution in [0.5, 0.6) is 0 Å². The van der Waals surface area contributed by atoms with Crippen molar-refractivity contribution in [3.8, 4) is 0 Å². The van der Waals surface area contributed by atoms with Gasteiger partial charge in [-0.25, -0.2) is 0 Å². The second-order valence-corrected chi connectivity index (χ2v) is 8.69. The quantitative estimate of drug-likeness (QED) is 0.304. The average Bonchev–Trinajstić information content (AvgIpc) is 3.04. The van der Waals surface area contributed by atoms with Gasteiger partial charge in [0.05, 0.1) is 11.6 Å². The highest BCUT2D eigenvalue weighted by molar-refractivity contribution is 8.02. The highest BCUT2D eigenvalue weighted by Gasteiger charge is 2.08. The highest BCUT2D eigenvalue weighted by atomic mass is 35.5. The lowest BCUT2D eigenvalue weighted by Gasteiger charge is -2.12. The van der Waals surface area contributed by atoms with Crippen LogP contribution >= 0.6 is 35.0 Å². The number of pyridine rings is 1. The fraction of sp³-hybridized carbons (Fsp3) is 0.348. The van der Waals surface area contributed by atoms with Crippen molar-refractivity contribution in [3.05, 3.63) is 81.6 Å². The molecule has 2 heterocycles. The van der Waals surface area contributed by atoms with Gasteiger partial charge in [0.25, 0.3) is 0 Å². The van der Waals surface area contributed by atoms with E-state index in [0.717, 1.165) is 23.2 Å². The number of rotatable bonds is 8.